The van der Waals surface area contributed by atoms with Gasteiger partial charge in [-0.15, -0.1) is 0 Å². The number of carboxylic acids is 1. The van der Waals surface area contributed by atoms with Gasteiger partial charge in [0, 0.05) is 20.1 Å². The summed E-state index contributed by atoms with van der Waals surface area (Å²) in [6.45, 7) is 2.31. The molecule has 1 saturated heterocycles. The van der Waals surface area contributed by atoms with Gasteiger partial charge in [0.05, 0.1) is 11.3 Å². The number of halogens is 1. The Hall–Kier alpha value is -1.90. The Labute approximate surface area is 157 Å². The van der Waals surface area contributed by atoms with E-state index in [1.165, 1.54) is 15.1 Å². The molecule has 1 aromatic heterocycles. The summed E-state index contributed by atoms with van der Waals surface area (Å²) in [4.78, 5) is 11.2. The molecule has 7 nitrogen and oxygen atoms in total. The summed E-state index contributed by atoms with van der Waals surface area (Å²) in [6.07, 6.45) is 1.49. The van der Waals surface area contributed by atoms with Crippen molar-refractivity contribution in [3.63, 3.8) is 0 Å². The molecule has 26 heavy (non-hydrogen) atoms. The van der Waals surface area contributed by atoms with Crippen LogP contribution >= 0.6 is 11.6 Å². The summed E-state index contributed by atoms with van der Waals surface area (Å²) in [5.74, 6) is -1.06. The maximum atomic E-state index is 13.1. The van der Waals surface area contributed by atoms with Crippen molar-refractivity contribution in [2.45, 2.75) is 30.6 Å². The predicted molar refractivity (Wildman–Crippen MR) is 97.1 cm³/mol. The predicted octanol–water partition coefficient (Wildman–Crippen LogP) is 2.65. The van der Waals surface area contributed by atoms with Gasteiger partial charge in [-0.25, -0.2) is 13.2 Å². The summed E-state index contributed by atoms with van der Waals surface area (Å²) >= 11 is 6.16. The Morgan fingerprint density at radius 1 is 1.38 bits per heavy atom. The van der Waals surface area contributed by atoms with Crippen molar-refractivity contribution in [2.75, 3.05) is 13.1 Å². The molecule has 0 radical (unpaired) electrons. The maximum absolute atomic E-state index is 13.1. The van der Waals surface area contributed by atoms with Gasteiger partial charge in [-0.2, -0.15) is 9.40 Å². The average Bonchev–Trinajstić information content (AvgIpc) is 2.87. The number of hydrogen-bond donors (Lipinski definition) is 1. The molecule has 9 heteroatoms. The molecule has 1 aliphatic heterocycles. The highest BCUT2D eigenvalue weighted by molar-refractivity contribution is 7.89. The zero-order chi connectivity index (χ0) is 19.1. The number of aryl methyl sites for hydroxylation is 2. The van der Waals surface area contributed by atoms with Crippen molar-refractivity contribution >= 4 is 27.6 Å². The minimum absolute atomic E-state index is 0.0432. The van der Waals surface area contributed by atoms with Gasteiger partial charge in [0.1, 0.15) is 10.0 Å². The first-order valence-electron chi connectivity index (χ1n) is 8.24. The van der Waals surface area contributed by atoms with Gasteiger partial charge in [-0.3, -0.25) is 4.68 Å². The van der Waals surface area contributed by atoms with E-state index in [0.29, 0.717) is 18.7 Å². The Bertz CT molecular complexity index is 955. The normalized spacial score (nSPS) is 18.8. The van der Waals surface area contributed by atoms with Gasteiger partial charge in [-0.05, 0) is 43.4 Å². The molecule has 1 fully saturated rings. The molecule has 0 amide bonds. The van der Waals surface area contributed by atoms with Crippen LogP contribution in [0.4, 0.5) is 0 Å². The van der Waals surface area contributed by atoms with Crippen LogP contribution in [-0.4, -0.2) is 46.7 Å². The number of hydrogen-bond acceptors (Lipinski definition) is 4. The van der Waals surface area contributed by atoms with Gasteiger partial charge in [-0.1, -0.05) is 23.7 Å². The van der Waals surface area contributed by atoms with E-state index in [0.717, 1.165) is 12.0 Å². The molecule has 1 aliphatic rings. The van der Waals surface area contributed by atoms with E-state index in [2.05, 4.69) is 5.10 Å². The van der Waals surface area contributed by atoms with E-state index in [1.807, 2.05) is 6.07 Å². The van der Waals surface area contributed by atoms with Gasteiger partial charge < -0.3 is 5.11 Å². The molecule has 3 rings (SSSR count). The number of rotatable bonds is 4. The smallest absolute Gasteiger partial charge is 0.335 e. The van der Waals surface area contributed by atoms with Crippen molar-refractivity contribution in [1.29, 1.82) is 0 Å². The first-order valence-corrected chi connectivity index (χ1v) is 10.1. The third-order valence-electron chi connectivity index (χ3n) is 4.69. The van der Waals surface area contributed by atoms with E-state index in [-0.39, 0.29) is 28.1 Å². The molecule has 0 bridgehead atoms. The number of benzene rings is 1. The minimum atomic E-state index is -3.77. The summed E-state index contributed by atoms with van der Waals surface area (Å²) in [5, 5.41) is 13.4. The lowest BCUT2D eigenvalue weighted by molar-refractivity contribution is 0.0696. The number of carboxylic acid groups (broad SMARTS) is 1. The molecule has 1 atom stereocenters. The standard InChI is InChI=1S/C17H20ClN3O4S/c1-11-15(16(18)20(2)19-11)26(24,25)21-8-4-7-14(10-21)12-5-3-6-13(9-12)17(22)23/h3,5-6,9,14H,4,7-8,10H2,1-2H3,(H,22,23). The number of carbonyl (C=O) groups is 1. The highest BCUT2D eigenvalue weighted by Crippen LogP contribution is 2.33. The van der Waals surface area contributed by atoms with Crippen LogP contribution in [0.2, 0.25) is 5.15 Å². The van der Waals surface area contributed by atoms with E-state index >= 15 is 0 Å². The lowest BCUT2D eigenvalue weighted by atomic mass is 9.91. The van der Waals surface area contributed by atoms with Crippen molar-refractivity contribution in [3.8, 4) is 0 Å². The van der Waals surface area contributed by atoms with Crippen molar-refractivity contribution < 1.29 is 18.3 Å². The van der Waals surface area contributed by atoms with Crippen LogP contribution in [0.15, 0.2) is 29.2 Å². The van der Waals surface area contributed by atoms with Crippen LogP contribution in [0, 0.1) is 6.92 Å². The molecule has 0 saturated carbocycles. The molecule has 0 spiro atoms. The maximum Gasteiger partial charge on any atom is 0.335 e. The van der Waals surface area contributed by atoms with Crippen LogP contribution < -0.4 is 0 Å². The van der Waals surface area contributed by atoms with Crippen molar-refractivity contribution in [2.24, 2.45) is 7.05 Å². The van der Waals surface area contributed by atoms with E-state index in [1.54, 1.807) is 26.1 Å². The largest absolute Gasteiger partial charge is 0.478 e. The zero-order valence-corrected chi connectivity index (χ0v) is 16.1. The van der Waals surface area contributed by atoms with Crippen LogP contribution in [0.5, 0.6) is 0 Å². The Kier molecular flexibility index (Phi) is 5.09. The molecule has 1 N–H and O–H groups in total. The number of sulfonamides is 1. The number of aromatic carboxylic acids is 1. The molecular weight excluding hydrogens is 378 g/mol. The molecular formula is C17H20ClN3O4S. The second-order valence-electron chi connectivity index (χ2n) is 6.46. The van der Waals surface area contributed by atoms with Gasteiger partial charge >= 0.3 is 5.97 Å². The lowest BCUT2D eigenvalue weighted by Crippen LogP contribution is -2.39. The van der Waals surface area contributed by atoms with E-state index in [9.17, 15) is 18.3 Å². The van der Waals surface area contributed by atoms with Crippen molar-refractivity contribution in [3.05, 3.63) is 46.2 Å². The first kappa shape index (κ1) is 18.9. The fraction of sp³-hybridized carbons (Fsp3) is 0.412. The monoisotopic (exact) mass is 397 g/mol. The molecule has 2 heterocycles. The summed E-state index contributed by atoms with van der Waals surface area (Å²) in [5.41, 5.74) is 1.40. The third kappa shape index (κ3) is 3.36. The highest BCUT2D eigenvalue weighted by atomic mass is 35.5. The molecule has 1 aromatic carbocycles. The summed E-state index contributed by atoms with van der Waals surface area (Å²) in [7, 11) is -2.17. The number of nitrogens with zero attached hydrogens (tertiary/aromatic N) is 3. The van der Waals surface area contributed by atoms with Crippen LogP contribution in [0.25, 0.3) is 0 Å². The number of aromatic nitrogens is 2. The average molecular weight is 398 g/mol. The summed E-state index contributed by atoms with van der Waals surface area (Å²) < 4.78 is 28.9. The topological polar surface area (TPSA) is 92.5 Å². The third-order valence-corrected chi connectivity index (χ3v) is 7.25. The quantitative estimate of drug-likeness (QED) is 0.856. The number of piperidine rings is 1. The summed E-state index contributed by atoms with van der Waals surface area (Å²) in [6, 6.07) is 6.68. The van der Waals surface area contributed by atoms with Crippen LogP contribution in [0.3, 0.4) is 0 Å². The zero-order valence-electron chi connectivity index (χ0n) is 14.5. The van der Waals surface area contributed by atoms with Crippen molar-refractivity contribution in [1.82, 2.24) is 14.1 Å². The molecule has 140 valence electrons. The second kappa shape index (κ2) is 7.02. The second-order valence-corrected chi connectivity index (χ2v) is 8.69. The van der Waals surface area contributed by atoms with Crippen LogP contribution in [-0.2, 0) is 17.1 Å². The molecule has 0 aliphatic carbocycles. The van der Waals surface area contributed by atoms with Gasteiger partial charge in [0.2, 0.25) is 10.0 Å². The Morgan fingerprint density at radius 3 is 2.73 bits per heavy atom. The lowest BCUT2D eigenvalue weighted by Gasteiger charge is -2.32. The molecule has 2 aromatic rings. The SMILES string of the molecule is Cc1nn(C)c(Cl)c1S(=O)(=O)N1CCCC(c2cccc(C(=O)O)c2)C1. The van der Waals surface area contributed by atoms with Gasteiger partial charge in [0.25, 0.3) is 0 Å². The van der Waals surface area contributed by atoms with E-state index < -0.39 is 16.0 Å². The van der Waals surface area contributed by atoms with E-state index in [4.69, 9.17) is 11.6 Å². The van der Waals surface area contributed by atoms with Crippen LogP contribution in [0.1, 0.15) is 40.4 Å². The first-order chi connectivity index (χ1) is 12.2. The van der Waals surface area contributed by atoms with Gasteiger partial charge in [0.15, 0.2) is 0 Å². The highest BCUT2D eigenvalue weighted by Gasteiger charge is 2.35. The minimum Gasteiger partial charge on any atom is -0.478 e. The molecule has 1 unspecified atom stereocenters. The fourth-order valence-electron chi connectivity index (χ4n) is 3.39. The Morgan fingerprint density at radius 2 is 2.12 bits per heavy atom. The Balaban J connectivity index is 1.91. The fourth-order valence-corrected chi connectivity index (χ4v) is 5.62.